The van der Waals surface area contributed by atoms with Crippen LogP contribution in [0.3, 0.4) is 0 Å². The molecule has 3 rings (SSSR count). The van der Waals surface area contributed by atoms with E-state index >= 15 is 0 Å². The zero-order valence-corrected chi connectivity index (χ0v) is 19.8. The Morgan fingerprint density at radius 1 is 0.844 bits per heavy atom. The first-order chi connectivity index (χ1) is 15.4. The second kappa shape index (κ2) is 10.7. The van der Waals surface area contributed by atoms with Crippen LogP contribution in [-0.2, 0) is 28.2 Å². The van der Waals surface area contributed by atoms with Gasteiger partial charge in [0.2, 0.25) is 0 Å². The van der Waals surface area contributed by atoms with Crippen molar-refractivity contribution < 1.29 is 23.6 Å². The smallest absolute Gasteiger partial charge is 0.354 e. The normalized spacial score (nSPS) is 12.8. The Morgan fingerprint density at radius 3 is 2.06 bits per heavy atom. The molecule has 0 amide bonds. The van der Waals surface area contributed by atoms with Crippen molar-refractivity contribution in [2.75, 3.05) is 19.3 Å². The second-order valence-corrected chi connectivity index (χ2v) is 9.06. The Hall–Kier alpha value is -2.79. The van der Waals surface area contributed by atoms with Crippen LogP contribution in [0.2, 0.25) is 0 Å². The molecule has 0 aromatic heterocycles. The standard InChI is InChI=1S/C25H30NO5P/c1-5-22-23(6-2)25(30-4)17-16-24(22)26(20-12-14-21(29-3)15-13-20)31-32(27,28)18-19-10-8-7-9-11-19/h7-17H,5-6,18H2,1-4H3,(H,27,28). The van der Waals surface area contributed by atoms with E-state index in [1.807, 2.05) is 49.4 Å². The number of benzene rings is 3. The number of methoxy groups -OCH3 is 2. The first-order valence-electron chi connectivity index (χ1n) is 10.6. The minimum atomic E-state index is -4.03. The summed E-state index contributed by atoms with van der Waals surface area (Å²) in [6.45, 7) is 4.11. The van der Waals surface area contributed by atoms with Gasteiger partial charge in [-0.1, -0.05) is 44.2 Å². The van der Waals surface area contributed by atoms with E-state index in [2.05, 4.69) is 6.92 Å². The summed E-state index contributed by atoms with van der Waals surface area (Å²) in [5.41, 5.74) is 4.10. The van der Waals surface area contributed by atoms with Crippen LogP contribution in [0.15, 0.2) is 66.7 Å². The molecule has 1 N–H and O–H groups in total. The largest absolute Gasteiger partial charge is 0.497 e. The maximum Gasteiger partial charge on any atom is 0.354 e. The summed E-state index contributed by atoms with van der Waals surface area (Å²) >= 11 is 0. The van der Waals surface area contributed by atoms with Crippen LogP contribution in [0.25, 0.3) is 0 Å². The third-order valence-electron chi connectivity index (χ3n) is 5.25. The SMILES string of the molecule is CCc1c(OC)ccc(N(OP(=O)(O)Cc2ccccc2)c2ccc(OC)cc2)c1CC. The van der Waals surface area contributed by atoms with Gasteiger partial charge in [-0.2, -0.15) is 4.62 Å². The van der Waals surface area contributed by atoms with Crippen molar-refractivity contribution in [1.82, 2.24) is 0 Å². The second-order valence-electron chi connectivity index (χ2n) is 7.31. The molecule has 0 aliphatic heterocycles. The van der Waals surface area contributed by atoms with Crippen molar-refractivity contribution in [3.05, 3.63) is 83.4 Å². The van der Waals surface area contributed by atoms with Gasteiger partial charge in [-0.25, -0.2) is 5.06 Å². The molecule has 0 spiro atoms. The lowest BCUT2D eigenvalue weighted by atomic mass is 9.99. The summed E-state index contributed by atoms with van der Waals surface area (Å²) in [5.74, 6) is 1.48. The maximum absolute atomic E-state index is 13.2. The van der Waals surface area contributed by atoms with E-state index in [4.69, 9.17) is 14.1 Å². The Bertz CT molecular complexity index is 1070. The lowest BCUT2D eigenvalue weighted by molar-refractivity contribution is 0.261. The molecule has 0 saturated heterocycles. The highest BCUT2D eigenvalue weighted by Crippen LogP contribution is 2.50. The molecule has 0 aliphatic rings. The van der Waals surface area contributed by atoms with E-state index in [0.29, 0.717) is 23.5 Å². The van der Waals surface area contributed by atoms with Crippen LogP contribution in [-0.4, -0.2) is 19.1 Å². The molecule has 1 atom stereocenters. The number of hydrogen-bond acceptors (Lipinski definition) is 5. The molecule has 0 fully saturated rings. The number of nitrogens with zero attached hydrogens (tertiary/aromatic N) is 1. The fourth-order valence-electron chi connectivity index (χ4n) is 3.74. The molecule has 7 heteroatoms. The molecule has 1 unspecified atom stereocenters. The monoisotopic (exact) mass is 455 g/mol. The molecule has 3 aromatic rings. The molecular weight excluding hydrogens is 425 g/mol. The van der Waals surface area contributed by atoms with Crippen molar-refractivity contribution in [3.8, 4) is 11.5 Å². The summed E-state index contributed by atoms with van der Waals surface area (Å²) in [6.07, 6.45) is 1.37. The van der Waals surface area contributed by atoms with Gasteiger partial charge in [-0.05, 0) is 65.9 Å². The van der Waals surface area contributed by atoms with Crippen LogP contribution >= 0.6 is 7.60 Å². The summed E-state index contributed by atoms with van der Waals surface area (Å²) in [4.78, 5) is 10.8. The van der Waals surface area contributed by atoms with Crippen LogP contribution in [0, 0.1) is 0 Å². The number of anilines is 2. The van der Waals surface area contributed by atoms with E-state index < -0.39 is 7.60 Å². The predicted molar refractivity (Wildman–Crippen MR) is 128 cm³/mol. The Labute approximate surface area is 189 Å². The highest BCUT2D eigenvalue weighted by Gasteiger charge is 2.28. The molecule has 0 bridgehead atoms. The zero-order valence-electron chi connectivity index (χ0n) is 18.9. The predicted octanol–water partition coefficient (Wildman–Crippen LogP) is 6.28. The maximum atomic E-state index is 13.2. The van der Waals surface area contributed by atoms with Crippen LogP contribution in [0.4, 0.5) is 11.4 Å². The molecule has 3 aromatic carbocycles. The lowest BCUT2D eigenvalue weighted by Gasteiger charge is -2.29. The Balaban J connectivity index is 2.08. The molecular formula is C25H30NO5P. The summed E-state index contributed by atoms with van der Waals surface area (Å²) in [5, 5.41) is 1.46. The van der Waals surface area contributed by atoms with Crippen molar-refractivity contribution in [1.29, 1.82) is 0 Å². The number of rotatable bonds is 10. The highest BCUT2D eigenvalue weighted by molar-refractivity contribution is 7.52. The highest BCUT2D eigenvalue weighted by atomic mass is 31.2. The molecule has 0 heterocycles. The molecule has 0 saturated carbocycles. The molecule has 0 radical (unpaired) electrons. The van der Waals surface area contributed by atoms with Crippen molar-refractivity contribution in [2.45, 2.75) is 32.9 Å². The minimum Gasteiger partial charge on any atom is -0.497 e. The quantitative estimate of drug-likeness (QED) is 0.286. The van der Waals surface area contributed by atoms with Crippen molar-refractivity contribution >= 4 is 19.0 Å². The van der Waals surface area contributed by atoms with E-state index in [0.717, 1.165) is 28.9 Å². The first kappa shape index (κ1) is 23.9. The minimum absolute atomic E-state index is 0.0985. The van der Waals surface area contributed by atoms with Gasteiger partial charge in [0.1, 0.15) is 11.5 Å². The number of hydrogen-bond donors (Lipinski definition) is 1. The van der Waals surface area contributed by atoms with E-state index in [1.165, 1.54) is 5.06 Å². The van der Waals surface area contributed by atoms with Gasteiger partial charge in [0.05, 0.1) is 31.8 Å². The molecule has 170 valence electrons. The summed E-state index contributed by atoms with van der Waals surface area (Å²) < 4.78 is 29.9. The lowest BCUT2D eigenvalue weighted by Crippen LogP contribution is -2.19. The van der Waals surface area contributed by atoms with Gasteiger partial charge >= 0.3 is 7.60 Å². The summed E-state index contributed by atoms with van der Waals surface area (Å²) in [6, 6.07) is 20.1. The number of ether oxygens (including phenoxy) is 2. The molecule has 32 heavy (non-hydrogen) atoms. The Morgan fingerprint density at radius 2 is 1.50 bits per heavy atom. The van der Waals surface area contributed by atoms with Gasteiger partial charge in [0.15, 0.2) is 0 Å². The Kier molecular flexibility index (Phi) is 7.97. The third kappa shape index (κ3) is 5.52. The third-order valence-corrected chi connectivity index (χ3v) is 6.43. The van der Waals surface area contributed by atoms with E-state index in [1.54, 1.807) is 38.5 Å². The van der Waals surface area contributed by atoms with Gasteiger partial charge in [-0.15, -0.1) is 0 Å². The van der Waals surface area contributed by atoms with Gasteiger partial charge in [0, 0.05) is 0 Å². The fraction of sp³-hybridized carbons (Fsp3) is 0.280. The van der Waals surface area contributed by atoms with Gasteiger partial charge in [0.25, 0.3) is 0 Å². The van der Waals surface area contributed by atoms with Crippen molar-refractivity contribution in [3.63, 3.8) is 0 Å². The zero-order chi connectivity index (χ0) is 23.1. The average Bonchev–Trinajstić information content (AvgIpc) is 2.82. The first-order valence-corrected chi connectivity index (χ1v) is 12.4. The van der Waals surface area contributed by atoms with Gasteiger partial charge < -0.3 is 14.4 Å². The molecule has 6 nitrogen and oxygen atoms in total. The van der Waals surface area contributed by atoms with Crippen LogP contribution < -0.4 is 14.5 Å². The molecule has 0 aliphatic carbocycles. The van der Waals surface area contributed by atoms with Crippen molar-refractivity contribution in [2.24, 2.45) is 0 Å². The van der Waals surface area contributed by atoms with Crippen LogP contribution in [0.5, 0.6) is 11.5 Å². The van der Waals surface area contributed by atoms with E-state index in [9.17, 15) is 9.46 Å². The van der Waals surface area contributed by atoms with Gasteiger partial charge in [-0.3, -0.25) is 4.57 Å². The fourth-order valence-corrected chi connectivity index (χ4v) is 4.91. The van der Waals surface area contributed by atoms with Crippen LogP contribution in [0.1, 0.15) is 30.5 Å². The topological polar surface area (TPSA) is 68.2 Å². The van der Waals surface area contributed by atoms with E-state index in [-0.39, 0.29) is 6.16 Å². The average molecular weight is 455 g/mol. The summed E-state index contributed by atoms with van der Waals surface area (Å²) in [7, 11) is -0.789.